The molecule has 4 heteroatoms. The van der Waals surface area contributed by atoms with Gasteiger partial charge in [0.1, 0.15) is 4.60 Å². The molecule has 0 spiro atoms. The van der Waals surface area contributed by atoms with Crippen LogP contribution in [0.5, 0.6) is 0 Å². The molecule has 0 saturated carbocycles. The van der Waals surface area contributed by atoms with E-state index in [1.807, 2.05) is 6.92 Å². The number of halogens is 1. The van der Waals surface area contributed by atoms with Crippen LogP contribution in [0.15, 0.2) is 16.7 Å². The van der Waals surface area contributed by atoms with Crippen LogP contribution in [0.3, 0.4) is 0 Å². The Morgan fingerprint density at radius 1 is 1.71 bits per heavy atom. The molecule has 0 unspecified atom stereocenters. The van der Waals surface area contributed by atoms with E-state index in [0.29, 0.717) is 5.69 Å². The SMILES string of the molecule is C#CCC(=O)Nc1ccc(Br)nc1C. The van der Waals surface area contributed by atoms with Gasteiger partial charge in [-0.1, -0.05) is 5.92 Å². The van der Waals surface area contributed by atoms with E-state index < -0.39 is 0 Å². The maximum absolute atomic E-state index is 11.2. The monoisotopic (exact) mass is 252 g/mol. The normalized spacial score (nSPS) is 9.21. The highest BCUT2D eigenvalue weighted by Crippen LogP contribution is 2.15. The van der Waals surface area contributed by atoms with E-state index >= 15 is 0 Å². The lowest BCUT2D eigenvalue weighted by Crippen LogP contribution is -2.11. The fourth-order valence-corrected chi connectivity index (χ4v) is 1.35. The van der Waals surface area contributed by atoms with Crippen LogP contribution >= 0.6 is 15.9 Å². The molecule has 0 atom stereocenters. The third kappa shape index (κ3) is 2.86. The van der Waals surface area contributed by atoms with Crippen molar-refractivity contribution >= 4 is 27.5 Å². The number of carbonyl (C=O) groups is 1. The third-order valence-corrected chi connectivity index (χ3v) is 2.03. The van der Waals surface area contributed by atoms with E-state index in [1.165, 1.54) is 0 Å². The number of carbonyl (C=O) groups excluding carboxylic acids is 1. The van der Waals surface area contributed by atoms with Crippen molar-refractivity contribution < 1.29 is 4.79 Å². The molecule has 1 N–H and O–H groups in total. The van der Waals surface area contributed by atoms with Crippen molar-refractivity contribution in [2.24, 2.45) is 0 Å². The highest BCUT2D eigenvalue weighted by Gasteiger charge is 2.03. The molecule has 0 saturated heterocycles. The summed E-state index contributed by atoms with van der Waals surface area (Å²) in [6, 6.07) is 3.54. The average Bonchev–Trinajstić information content (AvgIpc) is 2.10. The number of hydrogen-bond donors (Lipinski definition) is 1. The Hall–Kier alpha value is -1.34. The van der Waals surface area contributed by atoms with Crippen molar-refractivity contribution in [1.82, 2.24) is 4.98 Å². The maximum atomic E-state index is 11.2. The van der Waals surface area contributed by atoms with Gasteiger partial charge in [0.2, 0.25) is 5.91 Å². The summed E-state index contributed by atoms with van der Waals surface area (Å²) in [7, 11) is 0. The minimum absolute atomic E-state index is 0.0789. The molecule has 14 heavy (non-hydrogen) atoms. The summed E-state index contributed by atoms with van der Waals surface area (Å²) in [6.07, 6.45) is 5.09. The van der Waals surface area contributed by atoms with Crippen LogP contribution in [0.1, 0.15) is 12.1 Å². The Kier molecular flexibility index (Phi) is 3.66. The predicted molar refractivity (Wildman–Crippen MR) is 58.8 cm³/mol. The number of amides is 1. The molecule has 1 rings (SSSR count). The summed E-state index contributed by atoms with van der Waals surface area (Å²) in [5, 5.41) is 2.67. The Morgan fingerprint density at radius 3 is 3.00 bits per heavy atom. The summed E-state index contributed by atoms with van der Waals surface area (Å²) < 4.78 is 0.741. The van der Waals surface area contributed by atoms with Gasteiger partial charge in [-0.25, -0.2) is 4.98 Å². The van der Waals surface area contributed by atoms with Crippen LogP contribution in [0.4, 0.5) is 5.69 Å². The molecule has 0 aliphatic heterocycles. The molecule has 0 aromatic carbocycles. The summed E-state index contributed by atoms with van der Waals surface area (Å²) >= 11 is 3.24. The molecule has 0 radical (unpaired) electrons. The molecule has 0 fully saturated rings. The first-order valence-corrected chi connectivity index (χ1v) is 4.79. The predicted octanol–water partition coefficient (Wildman–Crippen LogP) is 2.11. The van der Waals surface area contributed by atoms with E-state index in [4.69, 9.17) is 6.42 Å². The van der Waals surface area contributed by atoms with Gasteiger partial charge in [0.25, 0.3) is 0 Å². The lowest BCUT2D eigenvalue weighted by Gasteiger charge is -2.05. The van der Waals surface area contributed by atoms with Crippen LogP contribution in [0.25, 0.3) is 0 Å². The minimum atomic E-state index is -0.195. The van der Waals surface area contributed by atoms with Crippen LogP contribution < -0.4 is 5.32 Å². The smallest absolute Gasteiger partial charge is 0.236 e. The Balaban J connectivity index is 2.78. The first kappa shape index (κ1) is 10.7. The number of nitrogens with zero attached hydrogens (tertiary/aromatic N) is 1. The highest BCUT2D eigenvalue weighted by molar-refractivity contribution is 9.10. The van der Waals surface area contributed by atoms with Gasteiger partial charge in [0.05, 0.1) is 17.8 Å². The largest absolute Gasteiger partial charge is 0.324 e. The van der Waals surface area contributed by atoms with E-state index in [-0.39, 0.29) is 12.3 Å². The average molecular weight is 253 g/mol. The quantitative estimate of drug-likeness (QED) is 0.647. The Bertz CT molecular complexity index is 396. The van der Waals surface area contributed by atoms with Gasteiger partial charge in [-0.3, -0.25) is 4.79 Å². The van der Waals surface area contributed by atoms with Gasteiger partial charge in [-0.15, -0.1) is 6.42 Å². The third-order valence-electron chi connectivity index (χ3n) is 1.59. The number of hydrogen-bond acceptors (Lipinski definition) is 2. The molecule has 1 aromatic heterocycles. The second kappa shape index (κ2) is 4.77. The van der Waals surface area contributed by atoms with E-state index in [2.05, 4.69) is 32.2 Å². The van der Waals surface area contributed by atoms with Crippen molar-refractivity contribution in [3.05, 3.63) is 22.4 Å². The number of terminal acetylenes is 1. The zero-order chi connectivity index (χ0) is 10.6. The molecule has 1 heterocycles. The number of aryl methyl sites for hydroxylation is 1. The molecule has 72 valence electrons. The van der Waals surface area contributed by atoms with Crippen molar-refractivity contribution in [3.63, 3.8) is 0 Å². The van der Waals surface area contributed by atoms with Crippen LogP contribution in [-0.4, -0.2) is 10.9 Å². The molecular weight excluding hydrogens is 244 g/mol. The molecular formula is C10H9BrN2O. The van der Waals surface area contributed by atoms with Crippen LogP contribution in [0.2, 0.25) is 0 Å². The van der Waals surface area contributed by atoms with Crippen molar-refractivity contribution in [2.75, 3.05) is 5.32 Å². The van der Waals surface area contributed by atoms with Crippen LogP contribution in [-0.2, 0) is 4.79 Å². The van der Waals surface area contributed by atoms with Gasteiger partial charge in [-0.05, 0) is 35.0 Å². The van der Waals surface area contributed by atoms with Gasteiger partial charge in [0, 0.05) is 0 Å². The number of rotatable bonds is 2. The first-order chi connectivity index (χ1) is 6.63. The van der Waals surface area contributed by atoms with Crippen molar-refractivity contribution in [1.29, 1.82) is 0 Å². The second-order valence-corrected chi connectivity index (χ2v) is 3.51. The zero-order valence-electron chi connectivity index (χ0n) is 7.67. The molecule has 3 nitrogen and oxygen atoms in total. The number of anilines is 1. The van der Waals surface area contributed by atoms with Crippen molar-refractivity contribution in [3.8, 4) is 12.3 Å². The topological polar surface area (TPSA) is 42.0 Å². The summed E-state index contributed by atoms with van der Waals surface area (Å²) in [5.41, 5.74) is 1.44. The van der Waals surface area contributed by atoms with Crippen LogP contribution in [0, 0.1) is 19.3 Å². The molecule has 0 aliphatic rings. The standard InChI is InChI=1S/C10H9BrN2O/c1-3-4-10(14)13-8-5-6-9(11)12-7(8)2/h1,5-6H,4H2,2H3,(H,13,14). The minimum Gasteiger partial charge on any atom is -0.324 e. The molecule has 1 aromatic rings. The van der Waals surface area contributed by atoms with Crippen molar-refractivity contribution in [2.45, 2.75) is 13.3 Å². The fraction of sp³-hybridized carbons (Fsp3) is 0.200. The molecule has 1 amide bonds. The van der Waals surface area contributed by atoms with Gasteiger partial charge >= 0.3 is 0 Å². The summed E-state index contributed by atoms with van der Waals surface area (Å²) in [5.74, 6) is 2.08. The molecule has 0 aliphatic carbocycles. The highest BCUT2D eigenvalue weighted by atomic mass is 79.9. The van der Waals surface area contributed by atoms with Gasteiger partial charge in [-0.2, -0.15) is 0 Å². The lowest BCUT2D eigenvalue weighted by molar-refractivity contribution is -0.115. The zero-order valence-corrected chi connectivity index (χ0v) is 9.26. The number of aromatic nitrogens is 1. The van der Waals surface area contributed by atoms with E-state index in [0.717, 1.165) is 10.3 Å². The molecule has 0 bridgehead atoms. The Labute approximate surface area is 91.1 Å². The number of nitrogens with one attached hydrogen (secondary N) is 1. The summed E-state index contributed by atoms with van der Waals surface area (Å²) in [4.78, 5) is 15.3. The van der Waals surface area contributed by atoms with E-state index in [9.17, 15) is 4.79 Å². The Morgan fingerprint density at radius 2 is 2.43 bits per heavy atom. The first-order valence-electron chi connectivity index (χ1n) is 4.00. The summed E-state index contributed by atoms with van der Waals surface area (Å²) in [6.45, 7) is 1.82. The van der Waals surface area contributed by atoms with Gasteiger partial charge in [0.15, 0.2) is 0 Å². The lowest BCUT2D eigenvalue weighted by atomic mass is 10.3. The number of pyridine rings is 1. The van der Waals surface area contributed by atoms with E-state index in [1.54, 1.807) is 12.1 Å². The second-order valence-electron chi connectivity index (χ2n) is 2.70. The van der Waals surface area contributed by atoms with Gasteiger partial charge < -0.3 is 5.32 Å². The maximum Gasteiger partial charge on any atom is 0.236 e. The fourth-order valence-electron chi connectivity index (χ4n) is 0.950.